The molecular formula is C53H67N15O8S. The van der Waals surface area contributed by atoms with Gasteiger partial charge in [0, 0.05) is 53.9 Å². The van der Waals surface area contributed by atoms with Crippen molar-refractivity contribution in [2.24, 2.45) is 44.4 Å². The summed E-state index contributed by atoms with van der Waals surface area (Å²) < 4.78 is 0. The van der Waals surface area contributed by atoms with Crippen LogP contribution in [0.4, 0.5) is 0 Å². The van der Waals surface area contributed by atoms with Crippen LogP contribution in [0.25, 0.3) is 10.9 Å². The van der Waals surface area contributed by atoms with Crippen molar-refractivity contribution in [2.45, 2.75) is 100.0 Å². The fraction of sp³-hybridized carbons (Fsp3) is 0.358. The number of aromatic amines is 1. The van der Waals surface area contributed by atoms with E-state index in [4.69, 9.17) is 34.4 Å². The highest BCUT2D eigenvalue weighted by atomic mass is 32.1. The number of guanidine groups is 2. The molecule has 1 aliphatic heterocycles. The summed E-state index contributed by atoms with van der Waals surface area (Å²) in [5.74, 6) is -7.28. The highest BCUT2D eigenvalue weighted by molar-refractivity contribution is 7.10. The van der Waals surface area contributed by atoms with Gasteiger partial charge in [0.05, 0.1) is 12.8 Å². The molecule has 3 aromatic carbocycles. The average molecular weight is 1070 g/mol. The molecule has 24 heteroatoms. The zero-order valence-corrected chi connectivity index (χ0v) is 43.2. The van der Waals surface area contributed by atoms with Crippen molar-refractivity contribution in [3.63, 3.8) is 0 Å². The number of nitrogens with two attached hydrogens (primary N) is 6. The number of likely N-dealkylation sites (tertiary alicyclic amines) is 1. The summed E-state index contributed by atoms with van der Waals surface area (Å²) in [5.41, 5.74) is 35.9. The number of amides is 8. The van der Waals surface area contributed by atoms with E-state index in [1.54, 1.807) is 30.5 Å². The zero-order chi connectivity index (χ0) is 55.4. The highest BCUT2D eigenvalue weighted by Crippen LogP contribution is 2.30. The lowest BCUT2D eigenvalue weighted by Crippen LogP contribution is -2.60. The van der Waals surface area contributed by atoms with Gasteiger partial charge in [0.1, 0.15) is 36.3 Å². The van der Waals surface area contributed by atoms with Crippen LogP contribution in [0.1, 0.15) is 72.4 Å². The lowest BCUT2D eigenvalue weighted by Gasteiger charge is -2.33. The van der Waals surface area contributed by atoms with Crippen molar-refractivity contribution in [1.29, 1.82) is 0 Å². The molecule has 0 saturated carbocycles. The number of carbonyl (C=O) groups excluding carboxylic acids is 8. The third-order valence-electron chi connectivity index (χ3n) is 12.9. The van der Waals surface area contributed by atoms with Gasteiger partial charge in [-0.05, 0) is 72.7 Å². The molecule has 5 aromatic rings. The van der Waals surface area contributed by atoms with Crippen LogP contribution in [-0.4, -0.2) is 125 Å². The molecule has 6 rings (SSSR count). The maximum absolute atomic E-state index is 15.4. The number of nitrogens with zero attached hydrogens (tertiary/aromatic N) is 3. The number of primary amides is 2. The molecule has 0 radical (unpaired) electrons. The lowest BCUT2D eigenvalue weighted by molar-refractivity contribution is -0.143. The number of rotatable bonds is 28. The van der Waals surface area contributed by atoms with Crippen LogP contribution in [0.5, 0.6) is 0 Å². The van der Waals surface area contributed by atoms with Crippen LogP contribution in [0.15, 0.2) is 119 Å². The number of nitrogens with one attached hydrogen (secondary N) is 6. The molecule has 0 spiro atoms. The Morgan fingerprint density at radius 3 is 1.84 bits per heavy atom. The second-order valence-electron chi connectivity index (χ2n) is 18.6. The van der Waals surface area contributed by atoms with E-state index >= 15 is 14.4 Å². The molecule has 1 fully saturated rings. The molecule has 0 bridgehead atoms. The molecule has 23 nitrogen and oxygen atoms in total. The first-order valence-electron chi connectivity index (χ1n) is 25.2. The molecule has 0 unspecified atom stereocenters. The van der Waals surface area contributed by atoms with Gasteiger partial charge in [0.2, 0.25) is 47.3 Å². The summed E-state index contributed by atoms with van der Waals surface area (Å²) >= 11 is 1.40. The van der Waals surface area contributed by atoms with E-state index in [9.17, 15) is 24.0 Å². The first-order chi connectivity index (χ1) is 37.0. The number of hydrogen-bond donors (Lipinski definition) is 12. The zero-order valence-electron chi connectivity index (χ0n) is 42.4. The largest absolute Gasteiger partial charge is 0.370 e. The number of aliphatic imine (C=N–C) groups is 2. The number of hydrogen-bond acceptors (Lipinski definition) is 11. The van der Waals surface area contributed by atoms with Crippen LogP contribution < -0.4 is 61.0 Å². The van der Waals surface area contributed by atoms with Gasteiger partial charge >= 0.3 is 0 Å². The third-order valence-corrected chi connectivity index (χ3v) is 13.8. The number of benzene rings is 3. The van der Waals surface area contributed by atoms with Crippen molar-refractivity contribution in [3.8, 4) is 0 Å². The number of para-hydroxylation sites is 1. The van der Waals surface area contributed by atoms with Crippen molar-refractivity contribution >= 4 is 81.4 Å². The minimum Gasteiger partial charge on any atom is -0.370 e. The molecule has 0 aliphatic carbocycles. The Balaban J connectivity index is 1.33. The summed E-state index contributed by atoms with van der Waals surface area (Å²) in [6.45, 7) is 0.226. The predicted octanol–water partition coefficient (Wildman–Crippen LogP) is -0.270. The van der Waals surface area contributed by atoms with Gasteiger partial charge in [-0.15, -0.1) is 11.3 Å². The topological polar surface area (TPSA) is 397 Å². The van der Waals surface area contributed by atoms with Crippen molar-refractivity contribution in [1.82, 2.24) is 36.5 Å². The SMILES string of the molecule is NC(=O)C[C@H](NC(=O)[C@H](CCCN=C(N)N)NC(=O)[C@@H]1CCCN1C(=O)[C@H](CCCN=C(N)N)NC(=O)[C@@H](NC(=O)[C@H](Cc1c[nH]c2ccccc12)NC(=O)Cc1cccs1)C(c1ccccc1)c1ccccc1)C(N)=O. The van der Waals surface area contributed by atoms with Gasteiger partial charge in [-0.2, -0.15) is 0 Å². The monoisotopic (exact) mass is 1070 g/mol. The maximum atomic E-state index is 15.4. The second-order valence-corrected chi connectivity index (χ2v) is 19.6. The Labute approximate surface area is 448 Å². The van der Waals surface area contributed by atoms with Crippen molar-refractivity contribution in [2.75, 3.05) is 19.6 Å². The summed E-state index contributed by atoms with van der Waals surface area (Å²) in [7, 11) is 0. The molecular weight excluding hydrogens is 1010 g/mol. The van der Waals surface area contributed by atoms with E-state index in [2.05, 4.69) is 41.6 Å². The normalized spacial score (nSPS) is 15.0. The summed E-state index contributed by atoms with van der Waals surface area (Å²) in [6.07, 6.45) is 2.05. The molecule has 1 aliphatic rings. The molecule has 2 aromatic heterocycles. The van der Waals surface area contributed by atoms with Crippen LogP contribution in [0.3, 0.4) is 0 Å². The number of aromatic nitrogens is 1. The van der Waals surface area contributed by atoms with Crippen LogP contribution in [0, 0.1) is 0 Å². The summed E-state index contributed by atoms with van der Waals surface area (Å²) in [6, 6.07) is 21.4. The van der Waals surface area contributed by atoms with Gasteiger partial charge in [0.15, 0.2) is 11.9 Å². The first kappa shape index (κ1) is 57.5. The molecule has 18 N–H and O–H groups in total. The molecule has 408 valence electrons. The van der Waals surface area contributed by atoms with Crippen molar-refractivity contribution < 1.29 is 38.4 Å². The van der Waals surface area contributed by atoms with Crippen LogP contribution in [-0.2, 0) is 51.2 Å². The molecule has 77 heavy (non-hydrogen) atoms. The third kappa shape index (κ3) is 16.9. The smallest absolute Gasteiger partial charge is 0.245 e. The molecule has 6 atom stereocenters. The van der Waals surface area contributed by atoms with Gasteiger partial charge in [-0.25, -0.2) is 0 Å². The van der Waals surface area contributed by atoms with Crippen molar-refractivity contribution in [3.05, 3.63) is 130 Å². The van der Waals surface area contributed by atoms with Gasteiger partial charge in [-0.1, -0.05) is 84.9 Å². The molecule has 3 heterocycles. The fourth-order valence-corrected chi connectivity index (χ4v) is 9.96. The predicted molar refractivity (Wildman–Crippen MR) is 292 cm³/mol. The van der Waals surface area contributed by atoms with Gasteiger partial charge in [0.25, 0.3) is 0 Å². The Bertz CT molecular complexity index is 2850. The number of thiophene rings is 1. The van der Waals surface area contributed by atoms with E-state index < -0.39 is 95.8 Å². The number of carbonyl (C=O) groups is 8. The Morgan fingerprint density at radius 2 is 1.25 bits per heavy atom. The first-order valence-corrected chi connectivity index (χ1v) is 26.0. The minimum absolute atomic E-state index is 0.00899. The number of H-pyrrole nitrogens is 1. The minimum atomic E-state index is -1.48. The second kappa shape index (κ2) is 28.2. The Hall–Kier alpha value is -8.80. The molecule has 1 saturated heterocycles. The Morgan fingerprint density at radius 1 is 0.649 bits per heavy atom. The standard InChI is InChI=1S/C53H67N15O8S/c54-42(69)29-39(46(55)71)66-47(72)37(20-9-23-60-52(56)57)64-49(74)41-22-11-25-68(41)51(76)38(21-10-24-61-53(58)59)65-50(75)45(44(31-13-3-1-4-14-31)32-15-5-2-6-16-32)67-48(73)40(63-43(70)28-34-17-12-26-77-34)27-33-30-62-36-19-8-7-18-35(33)36/h1-8,12-19,26,30,37-41,44-45,62H,9-11,20-25,27-29H2,(H2,54,69)(H2,55,71)(H,63,70)(H,64,74)(H,65,75)(H,66,72)(H,67,73)(H4,56,57,60)(H4,58,59,61)/t37-,38-,39-,40-,41-,45-/m0/s1. The summed E-state index contributed by atoms with van der Waals surface area (Å²) in [4.78, 5) is 124. The average Bonchev–Trinajstić information content (AvgIpc) is 4.20. The van der Waals surface area contributed by atoms with E-state index in [-0.39, 0.29) is 76.5 Å². The van der Waals surface area contributed by atoms with Crippen LogP contribution in [0.2, 0.25) is 0 Å². The lowest BCUT2D eigenvalue weighted by atomic mass is 9.84. The van der Waals surface area contributed by atoms with E-state index in [1.165, 1.54) is 16.2 Å². The van der Waals surface area contributed by atoms with Gasteiger partial charge in [-0.3, -0.25) is 48.3 Å². The van der Waals surface area contributed by atoms with E-state index in [0.29, 0.717) is 17.5 Å². The summed E-state index contributed by atoms with van der Waals surface area (Å²) in [5, 5.41) is 16.7. The van der Waals surface area contributed by atoms with Crippen LogP contribution >= 0.6 is 11.3 Å². The fourth-order valence-electron chi connectivity index (χ4n) is 9.26. The number of fused-ring (bicyclic) bond motifs is 1. The Kier molecular flexibility index (Phi) is 21.0. The maximum Gasteiger partial charge on any atom is 0.245 e. The van der Waals surface area contributed by atoms with E-state index in [1.807, 2.05) is 78.2 Å². The van der Waals surface area contributed by atoms with E-state index in [0.717, 1.165) is 21.3 Å². The molecule has 8 amide bonds. The van der Waals surface area contributed by atoms with Gasteiger partial charge < -0.3 is 70.9 Å². The highest BCUT2D eigenvalue weighted by Gasteiger charge is 2.41. The quantitative estimate of drug-likeness (QED) is 0.0175.